The van der Waals surface area contributed by atoms with E-state index in [-0.39, 0.29) is 82.7 Å². The predicted molar refractivity (Wildman–Crippen MR) is 298 cm³/mol. The van der Waals surface area contributed by atoms with E-state index in [0.29, 0.717) is 60.9 Å². The Morgan fingerprint density at radius 1 is 1.03 bits per heavy atom. The molecule has 2 amide bonds. The summed E-state index contributed by atoms with van der Waals surface area (Å²) in [4.78, 5) is 51.3. The number of hydrogen-bond donors (Lipinski definition) is 4. The number of fused-ring (bicyclic) bond motifs is 2. The number of aromatic nitrogens is 4. The highest BCUT2D eigenvalue weighted by Crippen LogP contribution is 2.45. The molecule has 0 bridgehead atoms. The monoisotopic (exact) mass is 1100 g/mol. The Morgan fingerprint density at radius 2 is 1.81 bits per heavy atom. The van der Waals surface area contributed by atoms with Crippen LogP contribution in [0.4, 0.5) is 16.0 Å². The number of nitriles is 1. The molecule has 7 heterocycles. The number of aromatic hydroxyl groups is 1. The summed E-state index contributed by atoms with van der Waals surface area (Å²) in [6, 6.07) is 23.1. The van der Waals surface area contributed by atoms with Gasteiger partial charge >= 0.3 is 6.01 Å². The number of likely N-dealkylation sites (tertiary alicyclic amines) is 2. The van der Waals surface area contributed by atoms with Gasteiger partial charge in [-0.15, -0.1) is 11.3 Å². The number of piperidine rings is 1. The van der Waals surface area contributed by atoms with E-state index < -0.39 is 23.9 Å². The maximum atomic E-state index is 17.1. The second-order valence-electron chi connectivity index (χ2n) is 21.8. The number of amides is 2. The summed E-state index contributed by atoms with van der Waals surface area (Å²) < 4.78 is 29.4. The van der Waals surface area contributed by atoms with Gasteiger partial charge in [-0.3, -0.25) is 14.5 Å². The minimum absolute atomic E-state index is 0.0184. The molecule has 406 valence electrons. The molecule has 0 saturated carbocycles. The third kappa shape index (κ3) is 10.6. The van der Waals surface area contributed by atoms with Gasteiger partial charge in [-0.05, 0) is 91.4 Å². The van der Waals surface area contributed by atoms with Gasteiger partial charge in [0.25, 0.3) is 0 Å². The fourth-order valence-electron chi connectivity index (χ4n) is 11.9. The molecule has 11 rings (SSSR count). The number of thiazole rings is 1. The standard InChI is InChI=1S/C58H63ClFN11O6S/c1-33(2)49(56(75)71-29-41(73)25-46(71)55(74)64-34(3)36-9-11-37(12-10-36)53-35(4)63-32-78-53)47-27-48(67-77-47)70-30-58(31-70)14-18-68(19-15-58)21-22-76-57-65-52-44(54(66-57)69-20-17-62-39(28-69)13-16-61)26-45(59)50(51(52)60)43-24-40(72)23-38-7-5-6-8-42(38)43/h5-12,23-24,26-27,32-34,39,41,46,49,62,72-73H,13-15,17-22,25,28-31H2,1-4H3,(H,64,74)/t34-,39-,41+,46-,49+/m0/s1. The van der Waals surface area contributed by atoms with Crippen LogP contribution in [-0.2, 0) is 9.59 Å². The first-order chi connectivity index (χ1) is 37.6. The molecule has 17 nitrogen and oxygen atoms in total. The van der Waals surface area contributed by atoms with Gasteiger partial charge in [-0.2, -0.15) is 15.2 Å². The minimum Gasteiger partial charge on any atom is -0.508 e. The molecule has 4 aliphatic rings. The van der Waals surface area contributed by atoms with Crippen molar-refractivity contribution in [2.75, 3.05) is 75.3 Å². The Hall–Kier alpha value is -6.95. The number of carbonyl (C=O) groups excluding carboxylic acids is 2. The fourth-order valence-corrected chi connectivity index (χ4v) is 13.0. The lowest BCUT2D eigenvalue weighted by Crippen LogP contribution is -2.60. The van der Waals surface area contributed by atoms with Gasteiger partial charge in [0, 0.05) is 80.7 Å². The Morgan fingerprint density at radius 3 is 2.55 bits per heavy atom. The van der Waals surface area contributed by atoms with Crippen LogP contribution in [0.15, 0.2) is 82.8 Å². The maximum absolute atomic E-state index is 17.1. The summed E-state index contributed by atoms with van der Waals surface area (Å²) >= 11 is 8.53. The van der Waals surface area contributed by atoms with Crippen LogP contribution < -0.4 is 25.2 Å². The molecule has 1 spiro atoms. The molecule has 4 N–H and O–H groups in total. The van der Waals surface area contributed by atoms with Crippen molar-refractivity contribution < 1.29 is 33.5 Å². The van der Waals surface area contributed by atoms with Crippen molar-refractivity contribution in [1.29, 1.82) is 5.26 Å². The summed E-state index contributed by atoms with van der Waals surface area (Å²) in [5.41, 5.74) is 5.48. The Labute approximate surface area is 461 Å². The predicted octanol–water partition coefficient (Wildman–Crippen LogP) is 8.62. The Kier molecular flexibility index (Phi) is 15.0. The average Bonchev–Trinajstić information content (AvgIpc) is 4.24. The number of nitrogens with one attached hydrogen (secondary N) is 2. The first-order valence-electron chi connectivity index (χ1n) is 26.8. The molecule has 5 atom stereocenters. The lowest BCUT2D eigenvalue weighted by atomic mass is 9.72. The Bertz CT molecular complexity index is 3410. The van der Waals surface area contributed by atoms with E-state index in [2.05, 4.69) is 41.6 Å². The van der Waals surface area contributed by atoms with E-state index in [9.17, 15) is 25.1 Å². The maximum Gasteiger partial charge on any atom is 0.319 e. The van der Waals surface area contributed by atoms with Gasteiger partial charge in [-0.25, -0.2) is 9.37 Å². The molecule has 4 aromatic carbocycles. The molecule has 0 radical (unpaired) electrons. The van der Waals surface area contributed by atoms with E-state index in [1.54, 1.807) is 23.5 Å². The summed E-state index contributed by atoms with van der Waals surface area (Å²) in [6.07, 6.45) is 1.52. The first kappa shape index (κ1) is 53.1. The van der Waals surface area contributed by atoms with Crippen LogP contribution in [0.25, 0.3) is 43.2 Å². The number of aliphatic hydroxyl groups excluding tert-OH is 1. The van der Waals surface area contributed by atoms with Gasteiger partial charge < -0.3 is 44.8 Å². The molecule has 0 aliphatic carbocycles. The number of piperazine rings is 1. The highest BCUT2D eigenvalue weighted by Gasteiger charge is 2.47. The molecule has 7 aromatic rings. The second kappa shape index (κ2) is 22.1. The third-order valence-corrected chi connectivity index (χ3v) is 17.5. The topological polar surface area (TPSA) is 209 Å². The lowest BCUT2D eigenvalue weighted by Gasteiger charge is -2.54. The number of phenols is 1. The summed E-state index contributed by atoms with van der Waals surface area (Å²) in [7, 11) is 0. The van der Waals surface area contributed by atoms with Gasteiger partial charge in [0.2, 0.25) is 11.8 Å². The van der Waals surface area contributed by atoms with Crippen LogP contribution in [0.1, 0.15) is 75.4 Å². The number of ether oxygens (including phenoxy) is 1. The van der Waals surface area contributed by atoms with E-state index >= 15 is 4.39 Å². The molecular formula is C58H63ClFN11O6S. The molecule has 3 aromatic heterocycles. The van der Waals surface area contributed by atoms with E-state index in [4.69, 9.17) is 25.8 Å². The second-order valence-corrected chi connectivity index (χ2v) is 23.1. The van der Waals surface area contributed by atoms with Crippen molar-refractivity contribution in [1.82, 2.24) is 40.5 Å². The number of phenolic OH excluding ortho intramolecular Hbond substituents is 1. The zero-order valence-electron chi connectivity index (χ0n) is 44.1. The summed E-state index contributed by atoms with van der Waals surface area (Å²) in [5, 5.41) is 43.9. The van der Waals surface area contributed by atoms with Crippen molar-refractivity contribution in [3.63, 3.8) is 0 Å². The third-order valence-electron chi connectivity index (χ3n) is 16.2. The van der Waals surface area contributed by atoms with Gasteiger partial charge in [-0.1, -0.05) is 79.1 Å². The number of benzene rings is 4. The molecule has 20 heteroatoms. The molecular weight excluding hydrogens is 1030 g/mol. The number of aliphatic hydroxyl groups is 1. The smallest absolute Gasteiger partial charge is 0.319 e. The van der Waals surface area contributed by atoms with Gasteiger partial charge in [0.05, 0.1) is 45.7 Å². The molecule has 4 aliphatic heterocycles. The fraction of sp³-hybridized carbons (Fsp3) is 0.431. The number of β-amino-alcohol motifs (C(OH)–C–C–N with tert-alkyl or cyclic N) is 1. The molecule has 0 unspecified atom stereocenters. The first-order valence-corrected chi connectivity index (χ1v) is 28.0. The number of aryl methyl sites for hydroxylation is 1. The zero-order chi connectivity index (χ0) is 54.4. The van der Waals surface area contributed by atoms with Crippen LogP contribution >= 0.6 is 22.9 Å². The number of carbonyl (C=O) groups is 2. The summed E-state index contributed by atoms with van der Waals surface area (Å²) in [6.45, 7) is 13.6. The van der Waals surface area contributed by atoms with Crippen molar-refractivity contribution in [2.24, 2.45) is 11.3 Å². The van der Waals surface area contributed by atoms with Crippen molar-refractivity contribution >= 4 is 68.1 Å². The van der Waals surface area contributed by atoms with Crippen molar-refractivity contribution in [3.8, 4) is 39.4 Å². The minimum atomic E-state index is -0.838. The van der Waals surface area contributed by atoms with Crippen LogP contribution in [0.2, 0.25) is 5.02 Å². The average molecular weight is 1100 g/mol. The van der Waals surface area contributed by atoms with Crippen LogP contribution in [0.3, 0.4) is 0 Å². The SMILES string of the molecule is Cc1ncsc1-c1ccc([C@H](C)NC(=O)[C@@H]2C[C@@H](O)CN2C(=O)[C@@H](c2cc(N3CC4(CCN(CCOc5nc(N6CCN[C@@H](CC#N)C6)c6cc(Cl)c(-c7cc(O)cc8ccccc78)c(F)c6n5)CC4)C3)no2)C(C)C)cc1. The van der Waals surface area contributed by atoms with Crippen molar-refractivity contribution in [3.05, 3.63) is 106 Å². The van der Waals surface area contributed by atoms with Crippen LogP contribution in [0.5, 0.6) is 11.8 Å². The van der Waals surface area contributed by atoms with Crippen LogP contribution in [0, 0.1) is 35.4 Å². The zero-order valence-corrected chi connectivity index (χ0v) is 45.7. The number of nitrogens with zero attached hydrogens (tertiary/aromatic N) is 9. The van der Waals surface area contributed by atoms with Crippen LogP contribution in [-0.4, -0.2) is 136 Å². The van der Waals surface area contributed by atoms with Gasteiger partial charge in [0.1, 0.15) is 35.7 Å². The number of anilines is 2. The molecule has 4 fully saturated rings. The normalized spacial score (nSPS) is 20.3. The summed E-state index contributed by atoms with van der Waals surface area (Å²) in [5.74, 6) is -0.570. The molecule has 78 heavy (non-hydrogen) atoms. The van der Waals surface area contributed by atoms with E-state index in [1.165, 1.54) is 11.0 Å². The number of hydrogen-bond acceptors (Lipinski definition) is 16. The highest BCUT2D eigenvalue weighted by molar-refractivity contribution is 7.13. The highest BCUT2D eigenvalue weighted by atomic mass is 35.5. The number of rotatable bonds is 15. The van der Waals surface area contributed by atoms with Gasteiger partial charge in [0.15, 0.2) is 17.4 Å². The van der Waals surface area contributed by atoms with E-state index in [1.807, 2.05) is 92.7 Å². The quantitative estimate of drug-likeness (QED) is 0.0758. The number of halogens is 2. The Balaban J connectivity index is 0.716. The largest absolute Gasteiger partial charge is 0.508 e. The van der Waals surface area contributed by atoms with Crippen molar-refractivity contribution in [2.45, 2.75) is 83.5 Å². The lowest BCUT2D eigenvalue weighted by molar-refractivity contribution is -0.141. The molecule has 4 saturated heterocycles. The van der Waals surface area contributed by atoms with E-state index in [0.717, 1.165) is 71.5 Å².